The second-order valence-electron chi connectivity index (χ2n) is 5.31. The number of rotatable bonds is 4. The van der Waals surface area contributed by atoms with E-state index in [0.29, 0.717) is 18.7 Å². The van der Waals surface area contributed by atoms with E-state index in [1.54, 1.807) is 17.9 Å². The molecule has 0 radical (unpaired) electrons. The summed E-state index contributed by atoms with van der Waals surface area (Å²) in [5.41, 5.74) is 0.0272. The molecule has 2 rings (SSSR count). The molecule has 1 heterocycles. The number of amides is 1. The third-order valence-corrected chi connectivity index (χ3v) is 3.70. The van der Waals surface area contributed by atoms with Crippen LogP contribution in [0.3, 0.4) is 0 Å². The minimum absolute atomic E-state index is 0.103. The molecule has 1 aromatic carbocycles. The van der Waals surface area contributed by atoms with E-state index in [1.165, 1.54) is 19.1 Å². The van der Waals surface area contributed by atoms with Crippen molar-refractivity contribution in [1.29, 1.82) is 0 Å². The fourth-order valence-corrected chi connectivity index (χ4v) is 2.53. The van der Waals surface area contributed by atoms with E-state index in [2.05, 4.69) is 0 Å². The van der Waals surface area contributed by atoms with Crippen molar-refractivity contribution in [2.45, 2.75) is 32.8 Å². The van der Waals surface area contributed by atoms with E-state index in [0.717, 1.165) is 12.8 Å². The van der Waals surface area contributed by atoms with Gasteiger partial charge in [0, 0.05) is 19.2 Å². The first kappa shape index (κ1) is 15.9. The summed E-state index contributed by atoms with van der Waals surface area (Å²) in [7, 11) is 0. The first-order valence-electron chi connectivity index (χ1n) is 7.15. The second-order valence-corrected chi connectivity index (χ2v) is 5.31. The number of benzene rings is 1. The van der Waals surface area contributed by atoms with Crippen LogP contribution in [0.1, 0.15) is 35.7 Å². The number of hydrogen-bond donors (Lipinski definition) is 0. The van der Waals surface area contributed by atoms with Gasteiger partial charge in [-0.2, -0.15) is 0 Å². The molecule has 1 amide bonds. The molecular formula is C15H18N2O5. The van der Waals surface area contributed by atoms with Crippen LogP contribution < -0.4 is 0 Å². The number of nitro benzene ring substituents is 1. The molecule has 0 aliphatic carbocycles. The van der Waals surface area contributed by atoms with Crippen molar-refractivity contribution >= 4 is 17.6 Å². The van der Waals surface area contributed by atoms with Gasteiger partial charge < -0.3 is 9.64 Å². The molecule has 0 saturated carbocycles. The van der Waals surface area contributed by atoms with E-state index < -0.39 is 17.0 Å². The highest BCUT2D eigenvalue weighted by Crippen LogP contribution is 2.23. The normalized spacial score (nSPS) is 15.5. The van der Waals surface area contributed by atoms with Gasteiger partial charge in [-0.15, -0.1) is 0 Å². The number of carbonyl (C=O) groups excluding carboxylic acids is 2. The summed E-state index contributed by atoms with van der Waals surface area (Å²) in [4.78, 5) is 36.4. The van der Waals surface area contributed by atoms with Crippen LogP contribution in [0.5, 0.6) is 0 Å². The molecule has 1 fully saturated rings. The zero-order valence-electron chi connectivity index (χ0n) is 12.6. The first-order valence-corrected chi connectivity index (χ1v) is 7.15. The van der Waals surface area contributed by atoms with Crippen LogP contribution in [-0.4, -0.2) is 40.9 Å². The van der Waals surface area contributed by atoms with Gasteiger partial charge in [0.2, 0.25) is 0 Å². The SMILES string of the molecule is Cc1cccc([N+](=O)[O-])c1C(=O)OC(C)C(=O)N1CCCC1. The molecule has 1 unspecified atom stereocenters. The molecule has 0 spiro atoms. The maximum Gasteiger partial charge on any atom is 0.346 e. The number of likely N-dealkylation sites (tertiary alicyclic amines) is 1. The Balaban J connectivity index is 2.15. The molecule has 118 valence electrons. The van der Waals surface area contributed by atoms with Gasteiger partial charge in [-0.05, 0) is 32.3 Å². The molecular weight excluding hydrogens is 288 g/mol. The number of hydrogen-bond acceptors (Lipinski definition) is 5. The zero-order valence-corrected chi connectivity index (χ0v) is 12.6. The predicted molar refractivity (Wildman–Crippen MR) is 78.5 cm³/mol. The minimum Gasteiger partial charge on any atom is -0.449 e. The fourth-order valence-electron chi connectivity index (χ4n) is 2.53. The third-order valence-electron chi connectivity index (χ3n) is 3.70. The molecule has 0 N–H and O–H groups in total. The van der Waals surface area contributed by atoms with Crippen molar-refractivity contribution < 1.29 is 19.2 Å². The Kier molecular flexibility index (Phi) is 4.75. The number of nitro groups is 1. The fraction of sp³-hybridized carbons (Fsp3) is 0.467. The molecule has 1 aromatic rings. The molecule has 7 heteroatoms. The van der Waals surface area contributed by atoms with Gasteiger partial charge in [0.05, 0.1) is 4.92 Å². The molecule has 1 atom stereocenters. The van der Waals surface area contributed by atoms with Crippen LogP contribution in [0.2, 0.25) is 0 Å². The molecule has 7 nitrogen and oxygen atoms in total. The van der Waals surface area contributed by atoms with Gasteiger partial charge in [0.25, 0.3) is 11.6 Å². The molecule has 0 bridgehead atoms. The van der Waals surface area contributed by atoms with Crippen LogP contribution in [0.25, 0.3) is 0 Å². The summed E-state index contributed by atoms with van der Waals surface area (Å²) in [6, 6.07) is 4.34. The lowest BCUT2D eigenvalue weighted by Gasteiger charge is -2.20. The van der Waals surface area contributed by atoms with Crippen molar-refractivity contribution in [3.63, 3.8) is 0 Å². The first-order chi connectivity index (χ1) is 10.4. The molecule has 1 aliphatic rings. The number of nitrogens with zero attached hydrogens (tertiary/aromatic N) is 2. The molecule has 0 aromatic heterocycles. The highest BCUT2D eigenvalue weighted by molar-refractivity contribution is 5.97. The highest BCUT2D eigenvalue weighted by Gasteiger charge is 2.29. The quantitative estimate of drug-likeness (QED) is 0.482. The smallest absolute Gasteiger partial charge is 0.346 e. The summed E-state index contributed by atoms with van der Waals surface area (Å²) in [6.45, 7) is 4.40. The number of carbonyl (C=O) groups is 2. The summed E-state index contributed by atoms with van der Waals surface area (Å²) >= 11 is 0. The Morgan fingerprint density at radius 1 is 1.32 bits per heavy atom. The summed E-state index contributed by atoms with van der Waals surface area (Å²) in [5.74, 6) is -1.10. The van der Waals surface area contributed by atoms with Crippen molar-refractivity contribution in [3.8, 4) is 0 Å². The summed E-state index contributed by atoms with van der Waals surface area (Å²) in [6.07, 6.45) is 0.926. The van der Waals surface area contributed by atoms with E-state index in [1.807, 2.05) is 0 Å². The molecule has 22 heavy (non-hydrogen) atoms. The lowest BCUT2D eigenvalue weighted by atomic mass is 10.1. The predicted octanol–water partition coefficient (Wildman–Crippen LogP) is 2.07. The van der Waals surface area contributed by atoms with E-state index >= 15 is 0 Å². The van der Waals surface area contributed by atoms with E-state index in [4.69, 9.17) is 4.74 Å². The van der Waals surface area contributed by atoms with Crippen LogP contribution in [-0.2, 0) is 9.53 Å². The van der Waals surface area contributed by atoms with Gasteiger partial charge in [-0.1, -0.05) is 12.1 Å². The third kappa shape index (κ3) is 3.24. The topological polar surface area (TPSA) is 89.7 Å². The Labute approximate surface area is 128 Å². The Morgan fingerprint density at radius 2 is 1.95 bits per heavy atom. The highest BCUT2D eigenvalue weighted by atomic mass is 16.6. The molecule has 1 saturated heterocycles. The Bertz CT molecular complexity index is 608. The van der Waals surface area contributed by atoms with E-state index in [-0.39, 0.29) is 17.2 Å². The Hall–Kier alpha value is -2.44. The van der Waals surface area contributed by atoms with Crippen LogP contribution >= 0.6 is 0 Å². The second kappa shape index (κ2) is 6.55. The van der Waals surface area contributed by atoms with Crippen LogP contribution in [0, 0.1) is 17.0 Å². The largest absolute Gasteiger partial charge is 0.449 e. The van der Waals surface area contributed by atoms with Gasteiger partial charge in [0.15, 0.2) is 6.10 Å². The number of aryl methyl sites for hydroxylation is 1. The van der Waals surface area contributed by atoms with Gasteiger partial charge in [-0.25, -0.2) is 4.79 Å². The minimum atomic E-state index is -0.954. The van der Waals surface area contributed by atoms with Gasteiger partial charge in [-0.3, -0.25) is 14.9 Å². The van der Waals surface area contributed by atoms with Crippen LogP contribution in [0.15, 0.2) is 18.2 Å². The maximum atomic E-state index is 12.2. The van der Waals surface area contributed by atoms with Crippen molar-refractivity contribution in [3.05, 3.63) is 39.4 Å². The van der Waals surface area contributed by atoms with Crippen molar-refractivity contribution in [1.82, 2.24) is 4.90 Å². The lowest BCUT2D eigenvalue weighted by Crippen LogP contribution is -2.38. The van der Waals surface area contributed by atoms with Gasteiger partial charge >= 0.3 is 5.97 Å². The maximum absolute atomic E-state index is 12.2. The van der Waals surface area contributed by atoms with Crippen molar-refractivity contribution in [2.24, 2.45) is 0 Å². The Morgan fingerprint density at radius 3 is 2.55 bits per heavy atom. The number of esters is 1. The number of ether oxygens (including phenoxy) is 1. The average molecular weight is 306 g/mol. The molecule has 1 aliphatic heterocycles. The monoisotopic (exact) mass is 306 g/mol. The summed E-state index contributed by atoms with van der Waals surface area (Å²) in [5, 5.41) is 11.0. The lowest BCUT2D eigenvalue weighted by molar-refractivity contribution is -0.385. The summed E-state index contributed by atoms with van der Waals surface area (Å²) < 4.78 is 5.15. The van der Waals surface area contributed by atoms with Gasteiger partial charge in [0.1, 0.15) is 5.56 Å². The standard InChI is InChI=1S/C15H18N2O5/c1-10-6-5-7-12(17(20)21)13(10)15(19)22-11(2)14(18)16-8-3-4-9-16/h5-7,11H,3-4,8-9H2,1-2H3. The van der Waals surface area contributed by atoms with Crippen LogP contribution in [0.4, 0.5) is 5.69 Å². The average Bonchev–Trinajstić information content (AvgIpc) is 2.99. The van der Waals surface area contributed by atoms with E-state index in [9.17, 15) is 19.7 Å². The zero-order chi connectivity index (χ0) is 16.3. The van der Waals surface area contributed by atoms with Crippen molar-refractivity contribution in [2.75, 3.05) is 13.1 Å².